The fourth-order valence-electron chi connectivity index (χ4n) is 4.25. The molecule has 1 heterocycles. The lowest BCUT2D eigenvalue weighted by Gasteiger charge is -2.39. The molecule has 2 aliphatic rings. The molecule has 0 spiro atoms. The largest absolute Gasteiger partial charge is 0.465 e. The molecule has 0 aromatic heterocycles. The zero-order chi connectivity index (χ0) is 21.3. The van der Waals surface area contributed by atoms with Crippen molar-refractivity contribution in [1.82, 2.24) is 0 Å². The quantitative estimate of drug-likeness (QED) is 0.411. The molecule has 0 saturated heterocycles. The number of nitrogens with zero attached hydrogens (tertiary/aromatic N) is 1. The highest BCUT2D eigenvalue weighted by molar-refractivity contribution is 6.42. The summed E-state index contributed by atoms with van der Waals surface area (Å²) in [5.41, 5.74) is 2.48. The highest BCUT2D eigenvalue weighted by Crippen LogP contribution is 2.49. The van der Waals surface area contributed by atoms with Crippen LogP contribution in [0.5, 0.6) is 0 Å². The Bertz CT molecular complexity index is 901. The van der Waals surface area contributed by atoms with E-state index >= 15 is 0 Å². The topological polar surface area (TPSA) is 55.7 Å². The summed E-state index contributed by atoms with van der Waals surface area (Å²) in [5.74, 6) is -1.58. The van der Waals surface area contributed by atoms with Crippen LogP contribution in [0.1, 0.15) is 64.9 Å². The number of esters is 1. The first-order valence-electron chi connectivity index (χ1n) is 10.1. The van der Waals surface area contributed by atoms with E-state index in [1.807, 2.05) is 19.9 Å². The van der Waals surface area contributed by atoms with E-state index in [1.165, 1.54) is 0 Å². The summed E-state index contributed by atoms with van der Waals surface area (Å²) in [6, 6.07) is 5.33. The van der Waals surface area contributed by atoms with Gasteiger partial charge in [-0.25, -0.2) is 0 Å². The van der Waals surface area contributed by atoms with Crippen LogP contribution in [0.15, 0.2) is 34.5 Å². The molecule has 156 valence electrons. The third-order valence-electron chi connectivity index (χ3n) is 5.61. The Morgan fingerprint density at radius 3 is 2.69 bits per heavy atom. The van der Waals surface area contributed by atoms with Gasteiger partial charge in [-0.3, -0.25) is 14.6 Å². The Hall–Kier alpha value is -1.65. The summed E-state index contributed by atoms with van der Waals surface area (Å²) in [4.78, 5) is 31.0. The van der Waals surface area contributed by atoms with Gasteiger partial charge in [0.1, 0.15) is 5.92 Å². The Kier molecular flexibility index (Phi) is 6.54. The van der Waals surface area contributed by atoms with Crippen LogP contribution in [0.4, 0.5) is 0 Å². The maximum atomic E-state index is 13.2. The van der Waals surface area contributed by atoms with Gasteiger partial charge in [-0.15, -0.1) is 0 Å². The van der Waals surface area contributed by atoms with E-state index in [0.717, 1.165) is 18.5 Å². The zero-order valence-electron chi connectivity index (χ0n) is 17.4. The van der Waals surface area contributed by atoms with Crippen LogP contribution in [0.3, 0.4) is 0 Å². The van der Waals surface area contributed by atoms with Crippen LogP contribution >= 0.6 is 23.2 Å². The molecule has 1 unspecified atom stereocenters. The maximum absolute atomic E-state index is 13.2. The number of carbonyl (C=O) groups excluding carboxylic acids is 2. The van der Waals surface area contributed by atoms with Crippen molar-refractivity contribution in [3.8, 4) is 0 Å². The van der Waals surface area contributed by atoms with Gasteiger partial charge in [0.25, 0.3) is 0 Å². The number of carbonyl (C=O) groups is 2. The number of aliphatic imine (C=N–C) groups is 1. The van der Waals surface area contributed by atoms with Crippen molar-refractivity contribution in [2.75, 3.05) is 6.61 Å². The first kappa shape index (κ1) is 22.0. The zero-order valence-corrected chi connectivity index (χ0v) is 18.9. The van der Waals surface area contributed by atoms with Crippen molar-refractivity contribution in [1.29, 1.82) is 0 Å². The van der Waals surface area contributed by atoms with E-state index in [9.17, 15) is 9.59 Å². The number of halogens is 2. The predicted molar refractivity (Wildman–Crippen MR) is 117 cm³/mol. The molecule has 1 aromatic rings. The van der Waals surface area contributed by atoms with Gasteiger partial charge in [0.15, 0.2) is 5.78 Å². The van der Waals surface area contributed by atoms with Crippen LogP contribution in [0.2, 0.25) is 10.0 Å². The fourth-order valence-corrected chi connectivity index (χ4v) is 4.68. The summed E-state index contributed by atoms with van der Waals surface area (Å²) in [7, 11) is 0. The lowest BCUT2D eigenvalue weighted by Crippen LogP contribution is -2.39. The van der Waals surface area contributed by atoms with Gasteiger partial charge >= 0.3 is 5.97 Å². The van der Waals surface area contributed by atoms with E-state index < -0.39 is 11.8 Å². The van der Waals surface area contributed by atoms with E-state index in [4.69, 9.17) is 32.9 Å². The molecule has 2 atom stereocenters. The molecule has 0 radical (unpaired) electrons. The molecular formula is C23H27Cl2NO3. The first-order chi connectivity index (χ1) is 13.7. The van der Waals surface area contributed by atoms with Crippen LogP contribution in [-0.2, 0) is 14.3 Å². The van der Waals surface area contributed by atoms with Crippen molar-refractivity contribution in [2.24, 2.45) is 16.3 Å². The molecule has 0 N–H and O–H groups in total. The minimum atomic E-state index is -0.688. The monoisotopic (exact) mass is 435 g/mol. The highest BCUT2D eigenvalue weighted by atomic mass is 35.5. The lowest BCUT2D eigenvalue weighted by atomic mass is 9.67. The van der Waals surface area contributed by atoms with Gasteiger partial charge in [-0.2, -0.15) is 0 Å². The van der Waals surface area contributed by atoms with Crippen LogP contribution in [0, 0.1) is 11.3 Å². The number of ether oxygens (including phenoxy) is 1. The van der Waals surface area contributed by atoms with E-state index in [-0.39, 0.29) is 17.2 Å². The number of benzene rings is 1. The predicted octanol–water partition coefficient (Wildman–Crippen LogP) is 6.15. The second kappa shape index (κ2) is 8.61. The number of rotatable bonds is 5. The Balaban J connectivity index is 2.13. The number of allylic oxidation sites excluding steroid dienone is 2. The third kappa shape index (κ3) is 4.44. The minimum Gasteiger partial charge on any atom is -0.465 e. The van der Waals surface area contributed by atoms with Gasteiger partial charge in [-0.1, -0.05) is 62.5 Å². The van der Waals surface area contributed by atoms with Crippen molar-refractivity contribution >= 4 is 40.7 Å². The Morgan fingerprint density at radius 1 is 1.28 bits per heavy atom. The van der Waals surface area contributed by atoms with Gasteiger partial charge in [-0.05, 0) is 36.8 Å². The Morgan fingerprint density at radius 2 is 2.00 bits per heavy atom. The van der Waals surface area contributed by atoms with Gasteiger partial charge in [0.2, 0.25) is 0 Å². The van der Waals surface area contributed by atoms with Crippen molar-refractivity contribution in [3.05, 3.63) is 45.1 Å². The number of hydrogen-bond donors (Lipinski definition) is 0. The minimum absolute atomic E-state index is 0.0138. The van der Waals surface area contributed by atoms with E-state index in [0.29, 0.717) is 46.3 Å². The molecule has 1 aromatic carbocycles. The number of ketones is 1. The van der Waals surface area contributed by atoms with Crippen LogP contribution in [0.25, 0.3) is 0 Å². The second-order valence-corrected chi connectivity index (χ2v) is 9.46. The molecule has 0 amide bonds. The van der Waals surface area contributed by atoms with Crippen LogP contribution in [-0.4, -0.2) is 24.1 Å². The van der Waals surface area contributed by atoms with Crippen LogP contribution < -0.4 is 0 Å². The van der Waals surface area contributed by atoms with Gasteiger partial charge < -0.3 is 4.74 Å². The summed E-state index contributed by atoms with van der Waals surface area (Å²) < 4.78 is 5.54. The summed E-state index contributed by atoms with van der Waals surface area (Å²) in [6.07, 6.45) is 2.81. The molecule has 1 aliphatic carbocycles. The second-order valence-electron chi connectivity index (χ2n) is 8.67. The summed E-state index contributed by atoms with van der Waals surface area (Å²) in [5, 5.41) is 0.762. The normalized spacial score (nSPS) is 23.5. The molecule has 1 aliphatic heterocycles. The van der Waals surface area contributed by atoms with Crippen molar-refractivity contribution < 1.29 is 14.3 Å². The van der Waals surface area contributed by atoms with Crippen molar-refractivity contribution in [3.63, 3.8) is 0 Å². The maximum Gasteiger partial charge on any atom is 0.315 e. The molecular weight excluding hydrogens is 409 g/mol. The van der Waals surface area contributed by atoms with Crippen molar-refractivity contribution in [2.45, 2.75) is 59.3 Å². The molecule has 3 rings (SSSR count). The number of unbranched alkanes of at least 4 members (excludes halogenated alkanes) is 1. The third-order valence-corrected chi connectivity index (χ3v) is 6.45. The standard InChI is InChI=1S/C23H27Cl2NO3/c1-5-6-10-29-22(28)18-13(2)26-16-11-23(3,4)12-17(27)20(16)19(18)14-8-7-9-15(24)21(14)25/h7-9,18-19H,5-6,10-12H2,1-4H3/t18?,19-/m1/s1. The smallest absolute Gasteiger partial charge is 0.315 e. The fraction of sp³-hybridized carbons (Fsp3) is 0.522. The average molecular weight is 436 g/mol. The highest BCUT2D eigenvalue weighted by Gasteiger charge is 2.46. The SMILES string of the molecule is CCCCOC(=O)C1C(C)=NC2=C(C(=O)CC(C)(C)C2)[C@@H]1c1cccc(Cl)c1Cl. The lowest BCUT2D eigenvalue weighted by molar-refractivity contribution is -0.146. The Labute approximate surface area is 182 Å². The molecule has 0 saturated carbocycles. The molecule has 29 heavy (non-hydrogen) atoms. The summed E-state index contributed by atoms with van der Waals surface area (Å²) >= 11 is 12.8. The molecule has 6 heteroatoms. The molecule has 0 fully saturated rings. The average Bonchev–Trinajstić information content (AvgIpc) is 2.62. The van der Waals surface area contributed by atoms with Gasteiger partial charge in [0.05, 0.1) is 16.7 Å². The molecule has 0 bridgehead atoms. The number of Topliss-reactive ketones (excluding diaryl/α,β-unsaturated/α-hetero) is 1. The summed E-state index contributed by atoms with van der Waals surface area (Å²) in [6.45, 7) is 8.34. The number of hydrogen-bond acceptors (Lipinski definition) is 4. The van der Waals surface area contributed by atoms with E-state index in [2.05, 4.69) is 13.8 Å². The first-order valence-corrected chi connectivity index (χ1v) is 10.8. The van der Waals surface area contributed by atoms with E-state index in [1.54, 1.807) is 12.1 Å². The van der Waals surface area contributed by atoms with Gasteiger partial charge in [0, 0.05) is 29.3 Å². The molecule has 4 nitrogen and oxygen atoms in total.